The molecule has 1 saturated carbocycles. The van der Waals surface area contributed by atoms with Gasteiger partial charge in [-0.1, -0.05) is 31.5 Å². The van der Waals surface area contributed by atoms with Gasteiger partial charge in [0.05, 0.1) is 0 Å². The Balaban J connectivity index is 2.56. The molecule has 1 aliphatic rings. The minimum Gasteiger partial charge on any atom is -0.324 e. The van der Waals surface area contributed by atoms with E-state index in [0.717, 1.165) is 12.8 Å². The van der Waals surface area contributed by atoms with E-state index in [4.69, 9.17) is 5.73 Å². The summed E-state index contributed by atoms with van der Waals surface area (Å²) in [4.78, 5) is 0. The van der Waals surface area contributed by atoms with E-state index in [1.807, 2.05) is 0 Å². The molecular weight excluding hydrogens is 194 g/mol. The largest absolute Gasteiger partial charge is 0.324 e. The van der Waals surface area contributed by atoms with Gasteiger partial charge in [0, 0.05) is 11.0 Å². The van der Waals surface area contributed by atoms with E-state index in [-0.39, 0.29) is 11.0 Å². The fraction of sp³-hybridized carbons (Fsp3) is 0.600. The van der Waals surface area contributed by atoms with Crippen LogP contribution < -0.4 is 5.73 Å². The second-order valence-electron chi connectivity index (χ2n) is 6.05. The number of nitrogens with two attached hydrogens (primary N) is 1. The smallest absolute Gasteiger partial charge is 0.0248 e. The first-order valence-electron chi connectivity index (χ1n) is 6.15. The summed E-state index contributed by atoms with van der Waals surface area (Å²) >= 11 is 0. The Labute approximate surface area is 99.0 Å². The summed E-state index contributed by atoms with van der Waals surface area (Å²) in [6, 6.07) is 4.55. The quantitative estimate of drug-likeness (QED) is 0.807. The van der Waals surface area contributed by atoms with E-state index < -0.39 is 0 Å². The summed E-state index contributed by atoms with van der Waals surface area (Å²) in [6.45, 7) is 11.2. The Morgan fingerprint density at radius 1 is 1.06 bits per heavy atom. The van der Waals surface area contributed by atoms with Gasteiger partial charge in [-0.25, -0.2) is 0 Å². The third-order valence-electron chi connectivity index (χ3n) is 4.34. The van der Waals surface area contributed by atoms with Crippen molar-refractivity contribution in [1.82, 2.24) is 0 Å². The minimum atomic E-state index is 0.0256. The number of aryl methyl sites for hydroxylation is 3. The van der Waals surface area contributed by atoms with E-state index in [1.54, 1.807) is 0 Å². The van der Waals surface area contributed by atoms with Crippen LogP contribution in [-0.2, 0) is 5.41 Å². The fourth-order valence-corrected chi connectivity index (χ4v) is 3.17. The van der Waals surface area contributed by atoms with Crippen LogP contribution in [0.2, 0.25) is 0 Å². The van der Waals surface area contributed by atoms with Gasteiger partial charge in [0.25, 0.3) is 0 Å². The Kier molecular flexibility index (Phi) is 2.43. The van der Waals surface area contributed by atoms with E-state index in [9.17, 15) is 0 Å². The topological polar surface area (TPSA) is 26.0 Å². The van der Waals surface area contributed by atoms with Gasteiger partial charge in [0.15, 0.2) is 0 Å². The van der Waals surface area contributed by atoms with E-state index >= 15 is 0 Å². The molecule has 0 aliphatic heterocycles. The number of benzene rings is 1. The zero-order chi connectivity index (χ0) is 12.1. The molecule has 0 spiro atoms. The van der Waals surface area contributed by atoms with Gasteiger partial charge >= 0.3 is 0 Å². The lowest BCUT2D eigenvalue weighted by Crippen LogP contribution is -2.44. The summed E-state index contributed by atoms with van der Waals surface area (Å²) in [7, 11) is 0. The maximum Gasteiger partial charge on any atom is 0.0248 e. The van der Waals surface area contributed by atoms with Crippen LogP contribution in [0.1, 0.15) is 48.9 Å². The molecule has 0 amide bonds. The van der Waals surface area contributed by atoms with Crippen molar-refractivity contribution in [2.24, 2.45) is 5.73 Å². The first kappa shape index (κ1) is 11.7. The zero-order valence-electron chi connectivity index (χ0n) is 11.1. The van der Waals surface area contributed by atoms with Crippen molar-refractivity contribution in [2.75, 3.05) is 0 Å². The predicted molar refractivity (Wildman–Crippen MR) is 69.8 cm³/mol. The van der Waals surface area contributed by atoms with Gasteiger partial charge in [0.2, 0.25) is 0 Å². The van der Waals surface area contributed by atoms with Crippen LogP contribution in [0.3, 0.4) is 0 Å². The van der Waals surface area contributed by atoms with Gasteiger partial charge < -0.3 is 5.73 Å². The van der Waals surface area contributed by atoms with Gasteiger partial charge in [-0.3, -0.25) is 0 Å². The van der Waals surface area contributed by atoms with Gasteiger partial charge in [-0.05, 0) is 50.3 Å². The Hall–Kier alpha value is -0.820. The molecule has 1 heteroatoms. The lowest BCUT2D eigenvalue weighted by molar-refractivity contribution is 0.387. The monoisotopic (exact) mass is 217 g/mol. The van der Waals surface area contributed by atoms with Gasteiger partial charge in [0.1, 0.15) is 0 Å². The molecule has 2 N–H and O–H groups in total. The van der Waals surface area contributed by atoms with E-state index in [0.29, 0.717) is 0 Å². The summed E-state index contributed by atoms with van der Waals surface area (Å²) in [5.41, 5.74) is 12.1. The van der Waals surface area contributed by atoms with Gasteiger partial charge in [-0.2, -0.15) is 0 Å². The molecule has 0 atom stereocenters. The Bertz CT molecular complexity index is 402. The van der Waals surface area contributed by atoms with Gasteiger partial charge in [-0.15, -0.1) is 0 Å². The van der Waals surface area contributed by atoms with Crippen molar-refractivity contribution in [2.45, 2.75) is 58.4 Å². The molecule has 1 aliphatic carbocycles. The molecule has 0 radical (unpaired) electrons. The SMILES string of the molecule is Cc1cc(C)c(C(C)(C)C2(N)CC2)c(C)c1. The lowest BCUT2D eigenvalue weighted by atomic mass is 9.72. The molecule has 1 fully saturated rings. The third-order valence-corrected chi connectivity index (χ3v) is 4.34. The highest BCUT2D eigenvalue weighted by atomic mass is 14.9. The average Bonchev–Trinajstić information content (AvgIpc) is 2.82. The zero-order valence-corrected chi connectivity index (χ0v) is 11.1. The standard InChI is InChI=1S/C15H23N/c1-10-8-11(2)13(12(3)9-10)14(4,5)15(16)6-7-15/h8-9H,6-7,16H2,1-5H3. The Morgan fingerprint density at radius 2 is 1.50 bits per heavy atom. The van der Waals surface area contributed by atoms with Crippen molar-refractivity contribution in [3.63, 3.8) is 0 Å². The lowest BCUT2D eigenvalue weighted by Gasteiger charge is -2.35. The van der Waals surface area contributed by atoms with Crippen LogP contribution in [0, 0.1) is 20.8 Å². The highest BCUT2D eigenvalue weighted by molar-refractivity contribution is 5.45. The number of hydrogen-bond donors (Lipinski definition) is 1. The summed E-state index contributed by atoms with van der Waals surface area (Å²) in [5.74, 6) is 0. The van der Waals surface area contributed by atoms with Crippen LogP contribution >= 0.6 is 0 Å². The first-order valence-corrected chi connectivity index (χ1v) is 6.15. The van der Waals surface area contributed by atoms with Crippen molar-refractivity contribution in [3.05, 3.63) is 34.4 Å². The van der Waals surface area contributed by atoms with E-state index in [1.165, 1.54) is 22.3 Å². The molecule has 1 nitrogen and oxygen atoms in total. The molecule has 2 rings (SSSR count). The normalized spacial score (nSPS) is 18.6. The summed E-state index contributed by atoms with van der Waals surface area (Å²) in [5, 5.41) is 0. The van der Waals surface area contributed by atoms with Crippen LogP contribution in [-0.4, -0.2) is 5.54 Å². The van der Waals surface area contributed by atoms with Crippen molar-refractivity contribution < 1.29 is 0 Å². The molecule has 1 aromatic rings. The molecule has 16 heavy (non-hydrogen) atoms. The van der Waals surface area contributed by atoms with Crippen LogP contribution in [0.4, 0.5) is 0 Å². The minimum absolute atomic E-state index is 0.0256. The molecule has 0 saturated heterocycles. The number of hydrogen-bond acceptors (Lipinski definition) is 1. The van der Waals surface area contributed by atoms with Crippen molar-refractivity contribution in [1.29, 1.82) is 0 Å². The molecule has 0 heterocycles. The average molecular weight is 217 g/mol. The maximum atomic E-state index is 6.43. The molecular formula is C15H23N. The highest BCUT2D eigenvalue weighted by Crippen LogP contribution is 2.50. The molecule has 0 bridgehead atoms. The molecule has 0 unspecified atom stereocenters. The predicted octanol–water partition coefficient (Wildman–Crippen LogP) is 3.38. The highest BCUT2D eigenvalue weighted by Gasteiger charge is 2.52. The molecule has 1 aromatic carbocycles. The molecule has 0 aromatic heterocycles. The molecule has 88 valence electrons. The summed E-state index contributed by atoms with van der Waals surface area (Å²) in [6.07, 6.45) is 2.32. The fourth-order valence-electron chi connectivity index (χ4n) is 3.17. The number of rotatable bonds is 2. The second kappa shape index (κ2) is 3.33. The van der Waals surface area contributed by atoms with Crippen LogP contribution in [0.25, 0.3) is 0 Å². The first-order chi connectivity index (χ1) is 7.28. The second-order valence-corrected chi connectivity index (χ2v) is 6.05. The van der Waals surface area contributed by atoms with Crippen LogP contribution in [0.5, 0.6) is 0 Å². The summed E-state index contributed by atoms with van der Waals surface area (Å²) < 4.78 is 0. The van der Waals surface area contributed by atoms with Crippen molar-refractivity contribution in [3.8, 4) is 0 Å². The third kappa shape index (κ3) is 1.58. The maximum absolute atomic E-state index is 6.43. The Morgan fingerprint density at radius 3 is 1.88 bits per heavy atom. The van der Waals surface area contributed by atoms with E-state index in [2.05, 4.69) is 46.8 Å². The van der Waals surface area contributed by atoms with Crippen LogP contribution in [0.15, 0.2) is 12.1 Å². The van der Waals surface area contributed by atoms with Crippen molar-refractivity contribution >= 4 is 0 Å².